The molecule has 0 saturated heterocycles. The van der Waals surface area contributed by atoms with Crippen molar-refractivity contribution in [2.75, 3.05) is 5.32 Å². The van der Waals surface area contributed by atoms with Crippen molar-refractivity contribution in [1.29, 1.82) is 0 Å². The number of carbonyl (C=O) groups excluding carboxylic acids is 1. The van der Waals surface area contributed by atoms with E-state index >= 15 is 0 Å². The highest BCUT2D eigenvalue weighted by atomic mass is 32.2. The molecule has 9 heteroatoms. The summed E-state index contributed by atoms with van der Waals surface area (Å²) in [6.07, 6.45) is -3.65. The van der Waals surface area contributed by atoms with E-state index in [-0.39, 0.29) is 16.3 Å². The van der Waals surface area contributed by atoms with E-state index in [1.165, 1.54) is 18.2 Å². The van der Waals surface area contributed by atoms with Crippen LogP contribution in [0.2, 0.25) is 0 Å². The lowest BCUT2D eigenvalue weighted by Crippen LogP contribution is -2.31. The van der Waals surface area contributed by atoms with Gasteiger partial charge in [-0.3, -0.25) is 9.79 Å². The molecule has 2 aliphatic rings. The van der Waals surface area contributed by atoms with Crippen LogP contribution in [0.15, 0.2) is 76.3 Å². The SMILES string of the molecule is NC1=C(C(=O)Nc2cccc(F)c2)SC2N=C(C(F)(F)F)C=C(c3ccccc3)C12. The van der Waals surface area contributed by atoms with E-state index in [0.29, 0.717) is 11.1 Å². The zero-order valence-electron chi connectivity index (χ0n) is 15.3. The number of thioether (sulfide) groups is 1. The number of aliphatic imine (C=N–C) groups is 1. The summed E-state index contributed by atoms with van der Waals surface area (Å²) in [5.41, 5.74) is 6.49. The normalized spacial score (nSPS) is 21.1. The molecule has 4 rings (SSSR count). The zero-order valence-corrected chi connectivity index (χ0v) is 16.1. The van der Waals surface area contributed by atoms with Crippen molar-refractivity contribution in [3.63, 3.8) is 0 Å². The van der Waals surface area contributed by atoms with E-state index in [0.717, 1.165) is 23.9 Å². The van der Waals surface area contributed by atoms with Crippen molar-refractivity contribution in [2.24, 2.45) is 16.6 Å². The van der Waals surface area contributed by atoms with Gasteiger partial charge in [0, 0.05) is 11.4 Å². The number of dihydropyridines is 1. The number of nitrogens with zero attached hydrogens (tertiary/aromatic N) is 1. The molecule has 2 heterocycles. The molecule has 2 atom stereocenters. The number of allylic oxidation sites excluding steroid dienone is 1. The highest BCUT2D eigenvalue weighted by molar-refractivity contribution is 8.04. The van der Waals surface area contributed by atoms with Crippen LogP contribution in [0.1, 0.15) is 5.56 Å². The Morgan fingerprint density at radius 3 is 2.50 bits per heavy atom. The molecule has 0 fully saturated rings. The lowest BCUT2D eigenvalue weighted by atomic mass is 9.86. The van der Waals surface area contributed by atoms with Crippen molar-refractivity contribution < 1.29 is 22.4 Å². The number of fused-ring (bicyclic) bond motifs is 1. The third-order valence-corrected chi connectivity index (χ3v) is 5.98. The van der Waals surface area contributed by atoms with Gasteiger partial charge < -0.3 is 11.1 Å². The van der Waals surface area contributed by atoms with Gasteiger partial charge in [0.15, 0.2) is 0 Å². The molecule has 0 aliphatic carbocycles. The smallest absolute Gasteiger partial charge is 0.400 e. The molecule has 3 N–H and O–H groups in total. The quantitative estimate of drug-likeness (QED) is 0.688. The van der Waals surface area contributed by atoms with Crippen molar-refractivity contribution in [3.05, 3.63) is 82.7 Å². The minimum Gasteiger partial charge on any atom is -0.400 e. The third kappa shape index (κ3) is 3.85. The van der Waals surface area contributed by atoms with Gasteiger partial charge in [-0.25, -0.2) is 4.39 Å². The molecule has 0 radical (unpaired) electrons. The second kappa shape index (κ2) is 7.64. The van der Waals surface area contributed by atoms with Gasteiger partial charge in [0.1, 0.15) is 16.9 Å². The number of nitrogens with one attached hydrogen (secondary N) is 1. The van der Waals surface area contributed by atoms with Crippen LogP contribution in [0.25, 0.3) is 5.57 Å². The number of amides is 1. The predicted octanol–water partition coefficient (Wildman–Crippen LogP) is 4.72. The number of alkyl halides is 3. The lowest BCUT2D eigenvalue weighted by molar-refractivity contribution is -0.112. The largest absolute Gasteiger partial charge is 0.432 e. The maximum Gasteiger partial charge on any atom is 0.432 e. The molecule has 154 valence electrons. The fraction of sp³-hybridized carbons (Fsp3) is 0.143. The van der Waals surface area contributed by atoms with Gasteiger partial charge in [0.05, 0.1) is 10.8 Å². The fourth-order valence-electron chi connectivity index (χ4n) is 3.37. The van der Waals surface area contributed by atoms with E-state index in [1.54, 1.807) is 30.3 Å². The van der Waals surface area contributed by atoms with Crippen molar-refractivity contribution in [1.82, 2.24) is 0 Å². The first-order valence-corrected chi connectivity index (χ1v) is 9.77. The number of hydrogen-bond donors (Lipinski definition) is 2. The summed E-state index contributed by atoms with van der Waals surface area (Å²) in [6.45, 7) is 0. The van der Waals surface area contributed by atoms with E-state index in [4.69, 9.17) is 5.73 Å². The first-order chi connectivity index (χ1) is 14.2. The highest BCUT2D eigenvalue weighted by Gasteiger charge is 2.46. The van der Waals surface area contributed by atoms with Crippen molar-refractivity contribution in [3.8, 4) is 0 Å². The van der Waals surface area contributed by atoms with E-state index < -0.39 is 34.9 Å². The topological polar surface area (TPSA) is 67.5 Å². The summed E-state index contributed by atoms with van der Waals surface area (Å²) in [7, 11) is 0. The van der Waals surface area contributed by atoms with Gasteiger partial charge in [0.25, 0.3) is 5.91 Å². The van der Waals surface area contributed by atoms with Crippen LogP contribution >= 0.6 is 11.8 Å². The molecule has 4 nitrogen and oxygen atoms in total. The standard InChI is InChI=1S/C21H15F4N3OS/c22-12-7-4-8-13(9-12)27-19(29)18-17(26)16-14(11-5-2-1-3-6-11)10-15(21(23,24)25)28-20(16)30-18/h1-10,16,20H,26H2,(H,27,29). The summed E-state index contributed by atoms with van der Waals surface area (Å²) in [5.74, 6) is -1.83. The van der Waals surface area contributed by atoms with Gasteiger partial charge in [0.2, 0.25) is 0 Å². The first kappa shape index (κ1) is 20.2. The minimum atomic E-state index is -4.63. The van der Waals surface area contributed by atoms with Crippen molar-refractivity contribution in [2.45, 2.75) is 11.6 Å². The fourth-order valence-corrected chi connectivity index (χ4v) is 4.63. The molecular formula is C21H15F4N3OS. The third-order valence-electron chi connectivity index (χ3n) is 4.70. The van der Waals surface area contributed by atoms with Crippen LogP contribution < -0.4 is 11.1 Å². The monoisotopic (exact) mass is 433 g/mol. The molecular weight excluding hydrogens is 418 g/mol. The summed E-state index contributed by atoms with van der Waals surface area (Å²) in [4.78, 5) is 16.6. The molecule has 0 aromatic heterocycles. The van der Waals surface area contributed by atoms with Gasteiger partial charge in [-0.05, 0) is 35.4 Å². The molecule has 0 spiro atoms. The van der Waals surface area contributed by atoms with Crippen LogP contribution in [-0.2, 0) is 4.79 Å². The summed E-state index contributed by atoms with van der Waals surface area (Å²) in [6, 6.07) is 13.8. The number of halogens is 4. The molecule has 2 aromatic carbocycles. The molecule has 1 amide bonds. The summed E-state index contributed by atoms with van der Waals surface area (Å²) < 4.78 is 53.6. The van der Waals surface area contributed by atoms with Crippen molar-refractivity contribution >= 4 is 34.6 Å². The average molecular weight is 433 g/mol. The second-order valence-electron chi connectivity index (χ2n) is 6.71. The number of hydrogen-bond acceptors (Lipinski definition) is 4. The average Bonchev–Trinajstić information content (AvgIpc) is 3.04. The number of rotatable bonds is 3. The number of anilines is 1. The lowest BCUT2D eigenvalue weighted by Gasteiger charge is -2.26. The number of carbonyl (C=O) groups is 1. The molecule has 2 aliphatic heterocycles. The van der Waals surface area contributed by atoms with Gasteiger partial charge >= 0.3 is 6.18 Å². The second-order valence-corrected chi connectivity index (χ2v) is 7.84. The van der Waals surface area contributed by atoms with Crippen LogP contribution in [0, 0.1) is 11.7 Å². The summed E-state index contributed by atoms with van der Waals surface area (Å²) >= 11 is 0.873. The molecule has 0 saturated carbocycles. The predicted molar refractivity (Wildman–Crippen MR) is 109 cm³/mol. The molecule has 30 heavy (non-hydrogen) atoms. The van der Waals surface area contributed by atoms with Crippen LogP contribution in [-0.4, -0.2) is 23.2 Å². The Hall–Kier alpha value is -3.07. The Balaban J connectivity index is 1.71. The maximum atomic E-state index is 13.4. The first-order valence-electron chi connectivity index (χ1n) is 8.89. The Morgan fingerprint density at radius 2 is 1.83 bits per heavy atom. The molecule has 0 bridgehead atoms. The van der Waals surface area contributed by atoms with Gasteiger partial charge in [-0.1, -0.05) is 48.2 Å². The Bertz CT molecular complexity index is 1090. The Morgan fingerprint density at radius 1 is 1.10 bits per heavy atom. The van der Waals surface area contributed by atoms with E-state index in [1.807, 2.05) is 0 Å². The maximum absolute atomic E-state index is 13.4. The zero-order chi connectivity index (χ0) is 21.5. The highest BCUT2D eigenvalue weighted by Crippen LogP contribution is 2.49. The van der Waals surface area contributed by atoms with Gasteiger partial charge in [-0.2, -0.15) is 13.2 Å². The number of nitrogens with two attached hydrogens (primary N) is 1. The van der Waals surface area contributed by atoms with Crippen LogP contribution in [0.4, 0.5) is 23.2 Å². The Kier molecular flexibility index (Phi) is 5.15. The van der Waals surface area contributed by atoms with E-state index in [9.17, 15) is 22.4 Å². The van der Waals surface area contributed by atoms with E-state index in [2.05, 4.69) is 10.3 Å². The summed E-state index contributed by atoms with van der Waals surface area (Å²) in [5, 5.41) is 1.61. The van der Waals surface area contributed by atoms with Crippen LogP contribution in [0.5, 0.6) is 0 Å². The molecule has 2 unspecified atom stereocenters. The van der Waals surface area contributed by atoms with Crippen LogP contribution in [0.3, 0.4) is 0 Å². The molecule has 2 aromatic rings. The van der Waals surface area contributed by atoms with Gasteiger partial charge in [-0.15, -0.1) is 0 Å². The Labute approximate surface area is 173 Å². The number of benzene rings is 2. The minimum absolute atomic E-state index is 0.0725.